The van der Waals surface area contributed by atoms with Gasteiger partial charge in [0.05, 0.1) is 28.0 Å². The molecule has 3 heterocycles. The van der Waals surface area contributed by atoms with Gasteiger partial charge in [0.1, 0.15) is 35.6 Å². The van der Waals surface area contributed by atoms with E-state index in [2.05, 4.69) is 146 Å². The Hall–Kier alpha value is -6.47. The fraction of sp³-hybridized carbons (Fsp3) is 0.305. The van der Waals surface area contributed by atoms with E-state index in [0.717, 1.165) is 93.3 Å². The van der Waals surface area contributed by atoms with Gasteiger partial charge in [0.25, 0.3) is 0 Å². The highest BCUT2D eigenvalue weighted by atomic mass is 19.1. The molecule has 1 saturated carbocycles. The molecule has 0 atom stereocenters. The van der Waals surface area contributed by atoms with Crippen LogP contribution >= 0.6 is 0 Å². The lowest BCUT2D eigenvalue weighted by Gasteiger charge is -2.30. The molecule has 8 aromatic rings. The molecule has 2 aliphatic rings. The van der Waals surface area contributed by atoms with Crippen LogP contribution in [0.5, 0.6) is 11.5 Å². The summed E-state index contributed by atoms with van der Waals surface area (Å²) in [5, 5.41) is 2.34. The van der Waals surface area contributed by atoms with Gasteiger partial charge in [-0.15, -0.1) is 0 Å². The van der Waals surface area contributed by atoms with Gasteiger partial charge >= 0.3 is 0 Å². The molecule has 7 heteroatoms. The first-order chi connectivity index (χ1) is 32.2. The fourth-order valence-corrected chi connectivity index (χ4v) is 10.7. The minimum Gasteiger partial charge on any atom is -0.457 e. The van der Waals surface area contributed by atoms with E-state index in [1.165, 1.54) is 66.8 Å². The summed E-state index contributed by atoms with van der Waals surface area (Å²) in [7, 11) is 0. The molecule has 0 N–H and O–H groups in total. The highest BCUT2D eigenvalue weighted by Gasteiger charge is 2.33. The highest BCUT2D eigenvalue weighted by Crippen LogP contribution is 2.51. The molecule has 66 heavy (non-hydrogen) atoms. The zero-order valence-electron chi connectivity index (χ0n) is 39.0. The minimum atomic E-state index is -0.552. The standard InChI is InChI=1S/C59H60F2N4O/c1-6-17-40-28-29-62-57(30-40)65-53-23-13-12-20-47(53)48-27-26-45(36-56(48)65)66-46-32-42(41-18-10-8-7-9-11-19-41)31-44(35-46)63-37-64(55-25-15-14-24-54(55)63)59-49(38(2)3)33-43(34-50(59)39(4)5)58-51(60)21-16-22-52(58)61/h12-16,20-36,38-39,41H,6-11,17-19,37H2,1-5H3. The van der Waals surface area contributed by atoms with Crippen LogP contribution in [-0.4, -0.2) is 16.2 Å². The maximum atomic E-state index is 15.4. The number of anilines is 4. The second-order valence-corrected chi connectivity index (χ2v) is 19.1. The van der Waals surface area contributed by atoms with E-state index >= 15 is 8.78 Å². The van der Waals surface area contributed by atoms with Gasteiger partial charge in [-0.2, -0.15) is 0 Å². The molecule has 0 saturated heterocycles. The number of fused-ring (bicyclic) bond motifs is 4. The molecule has 1 fully saturated rings. The number of benzene rings is 6. The lowest BCUT2D eigenvalue weighted by atomic mass is 9.85. The number of aromatic nitrogens is 2. The van der Waals surface area contributed by atoms with Crippen molar-refractivity contribution < 1.29 is 13.5 Å². The Bertz CT molecular complexity index is 3000. The molecule has 0 spiro atoms. The normalized spacial score (nSPS) is 14.7. The zero-order valence-corrected chi connectivity index (χ0v) is 39.0. The van der Waals surface area contributed by atoms with Crippen LogP contribution in [0.25, 0.3) is 38.8 Å². The van der Waals surface area contributed by atoms with E-state index in [-0.39, 0.29) is 17.4 Å². The molecule has 0 radical (unpaired) electrons. The number of halogens is 2. The van der Waals surface area contributed by atoms with Crippen LogP contribution in [0.4, 0.5) is 31.5 Å². The van der Waals surface area contributed by atoms with Crippen LogP contribution in [0.3, 0.4) is 0 Å². The number of pyridine rings is 1. The number of hydrogen-bond donors (Lipinski definition) is 0. The predicted octanol–water partition coefficient (Wildman–Crippen LogP) is 17.2. The SMILES string of the molecule is CCCc1ccnc(-n2c3ccccc3c3ccc(Oc4cc(C5CCCCCCC5)cc(N5CN(c6c(C(C)C)cc(-c7c(F)cccc7F)cc6C(C)C)c6ccccc65)c4)cc32)c1. The van der Waals surface area contributed by atoms with Crippen molar-refractivity contribution in [3.63, 3.8) is 0 Å². The van der Waals surface area contributed by atoms with Gasteiger partial charge in [-0.1, -0.05) is 110 Å². The van der Waals surface area contributed by atoms with E-state index in [0.29, 0.717) is 18.2 Å². The van der Waals surface area contributed by atoms with Crippen LogP contribution in [-0.2, 0) is 6.42 Å². The maximum Gasteiger partial charge on any atom is 0.137 e. The van der Waals surface area contributed by atoms with Crippen molar-refractivity contribution in [3.8, 4) is 28.4 Å². The third kappa shape index (κ3) is 8.22. The van der Waals surface area contributed by atoms with Crippen LogP contribution in [0.1, 0.15) is 126 Å². The van der Waals surface area contributed by atoms with E-state index in [1.807, 2.05) is 18.3 Å². The molecular formula is C59H60F2N4O. The molecule has 5 nitrogen and oxygen atoms in total. The number of para-hydroxylation sites is 3. The van der Waals surface area contributed by atoms with Crippen molar-refractivity contribution in [2.45, 2.75) is 110 Å². The molecular weight excluding hydrogens is 819 g/mol. The van der Waals surface area contributed by atoms with Crippen molar-refractivity contribution in [2.24, 2.45) is 0 Å². The van der Waals surface area contributed by atoms with Crippen molar-refractivity contribution in [1.29, 1.82) is 0 Å². The Kier molecular flexibility index (Phi) is 12.1. The third-order valence-electron chi connectivity index (χ3n) is 13.9. The van der Waals surface area contributed by atoms with E-state index < -0.39 is 11.6 Å². The van der Waals surface area contributed by atoms with Gasteiger partial charge in [-0.05, 0) is 144 Å². The van der Waals surface area contributed by atoms with Gasteiger partial charge in [-0.25, -0.2) is 13.8 Å². The number of ether oxygens (including phenoxy) is 1. The van der Waals surface area contributed by atoms with E-state index in [9.17, 15) is 0 Å². The second-order valence-electron chi connectivity index (χ2n) is 19.1. The summed E-state index contributed by atoms with van der Waals surface area (Å²) >= 11 is 0. The van der Waals surface area contributed by atoms with E-state index in [1.54, 1.807) is 0 Å². The van der Waals surface area contributed by atoms with Crippen LogP contribution in [0.15, 0.2) is 134 Å². The smallest absolute Gasteiger partial charge is 0.137 e. The van der Waals surface area contributed by atoms with Crippen molar-refractivity contribution in [3.05, 3.63) is 167 Å². The molecule has 0 unspecified atom stereocenters. The highest BCUT2D eigenvalue weighted by molar-refractivity contribution is 6.09. The minimum absolute atomic E-state index is 0.0216. The van der Waals surface area contributed by atoms with E-state index in [4.69, 9.17) is 9.72 Å². The summed E-state index contributed by atoms with van der Waals surface area (Å²) < 4.78 is 40.1. The molecule has 336 valence electrons. The number of rotatable bonds is 11. The van der Waals surface area contributed by atoms with Crippen LogP contribution in [0, 0.1) is 11.6 Å². The summed E-state index contributed by atoms with van der Waals surface area (Å²) in [6.07, 6.45) is 12.6. The summed E-state index contributed by atoms with van der Waals surface area (Å²) in [5.74, 6) is 1.99. The molecule has 2 aromatic heterocycles. The molecule has 6 aromatic carbocycles. The largest absolute Gasteiger partial charge is 0.457 e. The van der Waals surface area contributed by atoms with Crippen LogP contribution in [0.2, 0.25) is 0 Å². The summed E-state index contributed by atoms with van der Waals surface area (Å²) in [6, 6.07) is 43.1. The number of aryl methyl sites for hydroxylation is 1. The van der Waals surface area contributed by atoms with Crippen LogP contribution < -0.4 is 14.5 Å². The van der Waals surface area contributed by atoms with Gasteiger partial charge < -0.3 is 14.5 Å². The Labute approximate surface area is 388 Å². The average molecular weight is 879 g/mol. The number of hydrogen-bond acceptors (Lipinski definition) is 4. The Morgan fingerprint density at radius 1 is 0.636 bits per heavy atom. The molecule has 10 rings (SSSR count). The summed E-state index contributed by atoms with van der Waals surface area (Å²) in [6.45, 7) is 11.5. The van der Waals surface area contributed by atoms with Crippen molar-refractivity contribution in [1.82, 2.24) is 9.55 Å². The quantitative estimate of drug-likeness (QED) is 0.130. The molecule has 0 amide bonds. The van der Waals surface area contributed by atoms with Gasteiger partial charge in [0.2, 0.25) is 0 Å². The average Bonchev–Trinajstić information content (AvgIpc) is 3.85. The zero-order chi connectivity index (χ0) is 45.5. The first kappa shape index (κ1) is 43.4. The topological polar surface area (TPSA) is 33.5 Å². The Morgan fingerprint density at radius 3 is 2.02 bits per heavy atom. The summed E-state index contributed by atoms with van der Waals surface area (Å²) in [4.78, 5) is 9.73. The van der Waals surface area contributed by atoms with Gasteiger partial charge in [0, 0.05) is 40.5 Å². The van der Waals surface area contributed by atoms with Crippen molar-refractivity contribution >= 4 is 44.6 Å². The molecule has 1 aliphatic heterocycles. The van der Waals surface area contributed by atoms with Gasteiger partial charge in [-0.3, -0.25) is 4.57 Å². The Morgan fingerprint density at radius 2 is 1.30 bits per heavy atom. The molecule has 1 aliphatic carbocycles. The first-order valence-electron chi connectivity index (χ1n) is 24.2. The first-order valence-corrected chi connectivity index (χ1v) is 24.2. The maximum absolute atomic E-state index is 15.4. The second kappa shape index (κ2) is 18.4. The monoisotopic (exact) mass is 878 g/mol. The predicted molar refractivity (Wildman–Crippen MR) is 270 cm³/mol. The summed E-state index contributed by atoms with van der Waals surface area (Å²) in [5.41, 5.74) is 11.9. The lowest BCUT2D eigenvalue weighted by molar-refractivity contribution is 0.451. The Balaban J connectivity index is 1.09. The van der Waals surface area contributed by atoms with Gasteiger partial charge in [0.15, 0.2) is 0 Å². The lowest BCUT2D eigenvalue weighted by Crippen LogP contribution is -2.26. The third-order valence-corrected chi connectivity index (χ3v) is 13.9. The fourth-order valence-electron chi connectivity index (χ4n) is 10.7. The van der Waals surface area contributed by atoms with Crippen molar-refractivity contribution in [2.75, 3.05) is 16.5 Å². The molecule has 0 bridgehead atoms. The number of nitrogens with zero attached hydrogens (tertiary/aromatic N) is 4.